The lowest BCUT2D eigenvalue weighted by atomic mass is 10.2. The number of rotatable bonds is 3. The van der Waals surface area contributed by atoms with Crippen LogP contribution >= 0.6 is 11.6 Å². The van der Waals surface area contributed by atoms with Gasteiger partial charge in [-0.05, 0) is 23.8 Å². The maximum absolute atomic E-state index is 12.9. The molecule has 16 heavy (non-hydrogen) atoms. The first-order valence-corrected chi connectivity index (χ1v) is 5.36. The van der Waals surface area contributed by atoms with E-state index in [9.17, 15) is 4.39 Å². The molecule has 1 nitrogen and oxygen atoms in total. The number of hydrogen-bond donors (Lipinski definition) is 1. The third kappa shape index (κ3) is 2.74. The lowest BCUT2D eigenvalue weighted by Crippen LogP contribution is -1.99. The van der Waals surface area contributed by atoms with Crippen LogP contribution in [0.3, 0.4) is 0 Å². The molecule has 0 atom stereocenters. The summed E-state index contributed by atoms with van der Waals surface area (Å²) in [6.07, 6.45) is 0. The molecule has 0 aliphatic heterocycles. The van der Waals surface area contributed by atoms with Crippen molar-refractivity contribution in [1.82, 2.24) is 0 Å². The molecule has 2 aromatic rings. The first-order chi connectivity index (χ1) is 7.75. The Kier molecular flexibility index (Phi) is 3.42. The Morgan fingerprint density at radius 3 is 2.50 bits per heavy atom. The molecule has 0 spiro atoms. The Morgan fingerprint density at radius 2 is 1.81 bits per heavy atom. The van der Waals surface area contributed by atoms with E-state index in [1.807, 2.05) is 30.3 Å². The maximum Gasteiger partial charge on any atom is 0.141 e. The molecule has 2 aromatic carbocycles. The highest BCUT2D eigenvalue weighted by molar-refractivity contribution is 6.31. The molecule has 82 valence electrons. The Labute approximate surface area is 98.9 Å². The van der Waals surface area contributed by atoms with Crippen LogP contribution in [0.2, 0.25) is 5.02 Å². The third-order valence-electron chi connectivity index (χ3n) is 2.26. The van der Waals surface area contributed by atoms with Crippen molar-refractivity contribution in [3.05, 3.63) is 64.9 Å². The second-order valence-corrected chi connectivity index (χ2v) is 3.88. The zero-order chi connectivity index (χ0) is 11.4. The van der Waals surface area contributed by atoms with Gasteiger partial charge in [0.2, 0.25) is 0 Å². The lowest BCUT2D eigenvalue weighted by Gasteiger charge is -2.06. The normalized spacial score (nSPS) is 10.1. The summed E-state index contributed by atoms with van der Waals surface area (Å²) in [5, 5.41) is 3.31. The number of nitrogens with one attached hydrogen (secondary N) is 1. The van der Waals surface area contributed by atoms with Crippen molar-refractivity contribution in [2.75, 3.05) is 5.32 Å². The zero-order valence-corrected chi connectivity index (χ0v) is 9.34. The average molecular weight is 236 g/mol. The minimum atomic E-state index is -0.396. The van der Waals surface area contributed by atoms with Crippen LogP contribution in [0.15, 0.2) is 48.5 Å². The Morgan fingerprint density at radius 1 is 1.06 bits per heavy atom. The van der Waals surface area contributed by atoms with Gasteiger partial charge in [0.1, 0.15) is 5.82 Å². The quantitative estimate of drug-likeness (QED) is 0.845. The van der Waals surface area contributed by atoms with Gasteiger partial charge in [0.15, 0.2) is 0 Å². The molecule has 3 heteroatoms. The molecule has 0 fully saturated rings. The Bertz CT molecular complexity index is 471. The summed E-state index contributed by atoms with van der Waals surface area (Å²) < 4.78 is 12.9. The Balaban J connectivity index is 2.03. The smallest absolute Gasteiger partial charge is 0.141 e. The van der Waals surface area contributed by atoms with Gasteiger partial charge in [-0.1, -0.05) is 41.9 Å². The molecular weight excluding hydrogens is 225 g/mol. The molecule has 2 rings (SSSR count). The van der Waals surface area contributed by atoms with Gasteiger partial charge >= 0.3 is 0 Å². The Hall–Kier alpha value is -1.54. The van der Waals surface area contributed by atoms with Gasteiger partial charge in [-0.15, -0.1) is 0 Å². The van der Waals surface area contributed by atoms with Gasteiger partial charge in [0.05, 0.1) is 5.02 Å². The van der Waals surface area contributed by atoms with Crippen molar-refractivity contribution in [3.63, 3.8) is 0 Å². The van der Waals surface area contributed by atoms with Gasteiger partial charge < -0.3 is 5.32 Å². The van der Waals surface area contributed by atoms with Crippen LogP contribution in [-0.2, 0) is 6.54 Å². The van der Waals surface area contributed by atoms with E-state index in [4.69, 9.17) is 11.6 Å². The van der Waals surface area contributed by atoms with Gasteiger partial charge in [-0.2, -0.15) is 0 Å². The zero-order valence-electron chi connectivity index (χ0n) is 8.58. The molecule has 0 aliphatic carbocycles. The van der Waals surface area contributed by atoms with Gasteiger partial charge in [0, 0.05) is 12.2 Å². The molecule has 0 saturated carbocycles. The van der Waals surface area contributed by atoms with Crippen molar-refractivity contribution in [2.45, 2.75) is 6.54 Å². The van der Waals surface area contributed by atoms with Gasteiger partial charge in [-0.3, -0.25) is 0 Å². The molecule has 0 radical (unpaired) electrons. The van der Waals surface area contributed by atoms with Gasteiger partial charge in [0.25, 0.3) is 0 Å². The third-order valence-corrected chi connectivity index (χ3v) is 2.55. The molecule has 0 unspecified atom stereocenters. The van der Waals surface area contributed by atoms with Crippen LogP contribution in [0.25, 0.3) is 0 Å². The van der Waals surface area contributed by atoms with Crippen molar-refractivity contribution < 1.29 is 4.39 Å². The lowest BCUT2D eigenvalue weighted by molar-refractivity contribution is 0.628. The second kappa shape index (κ2) is 4.99. The largest absolute Gasteiger partial charge is 0.381 e. The average Bonchev–Trinajstić information content (AvgIpc) is 2.32. The number of halogens is 2. The van der Waals surface area contributed by atoms with Crippen LogP contribution in [0, 0.1) is 5.82 Å². The summed E-state index contributed by atoms with van der Waals surface area (Å²) in [5.74, 6) is -0.396. The topological polar surface area (TPSA) is 12.0 Å². The fraction of sp³-hybridized carbons (Fsp3) is 0.0769. The molecule has 0 bridgehead atoms. The van der Waals surface area contributed by atoms with E-state index < -0.39 is 5.82 Å². The molecule has 0 aromatic heterocycles. The monoisotopic (exact) mass is 235 g/mol. The molecule has 0 heterocycles. The highest BCUT2D eigenvalue weighted by atomic mass is 35.5. The first kappa shape index (κ1) is 11.0. The molecule has 0 aliphatic rings. The fourth-order valence-electron chi connectivity index (χ4n) is 1.41. The molecule has 1 N–H and O–H groups in total. The van der Waals surface area contributed by atoms with E-state index in [0.717, 1.165) is 5.69 Å². The van der Waals surface area contributed by atoms with Crippen molar-refractivity contribution in [1.29, 1.82) is 0 Å². The molecule has 0 amide bonds. The minimum absolute atomic E-state index is 0.137. The summed E-state index contributed by atoms with van der Waals surface area (Å²) >= 11 is 5.68. The highest BCUT2D eigenvalue weighted by Gasteiger charge is 2.00. The summed E-state index contributed by atoms with van der Waals surface area (Å²) in [7, 11) is 0. The standard InChI is InChI=1S/C13H11ClFN/c14-12-8-11(6-7-13(12)15)16-9-10-4-2-1-3-5-10/h1-8,16H,9H2. The van der Waals surface area contributed by atoms with E-state index in [1.54, 1.807) is 12.1 Å². The summed E-state index contributed by atoms with van der Waals surface area (Å²) in [6, 6.07) is 14.6. The van der Waals surface area contributed by atoms with E-state index in [1.165, 1.54) is 11.6 Å². The SMILES string of the molecule is Fc1ccc(NCc2ccccc2)cc1Cl. The maximum atomic E-state index is 12.9. The number of hydrogen-bond acceptors (Lipinski definition) is 1. The van der Waals surface area contributed by atoms with Crippen LogP contribution in [0.1, 0.15) is 5.56 Å². The predicted molar refractivity (Wildman–Crippen MR) is 65.2 cm³/mol. The molecule has 0 saturated heterocycles. The van der Waals surface area contributed by atoms with Crippen LogP contribution in [0.4, 0.5) is 10.1 Å². The van der Waals surface area contributed by atoms with E-state index in [2.05, 4.69) is 5.32 Å². The predicted octanol–water partition coefficient (Wildman–Crippen LogP) is 4.09. The second-order valence-electron chi connectivity index (χ2n) is 3.47. The van der Waals surface area contributed by atoms with Crippen LogP contribution in [0.5, 0.6) is 0 Å². The van der Waals surface area contributed by atoms with Crippen molar-refractivity contribution >= 4 is 17.3 Å². The van der Waals surface area contributed by atoms with Gasteiger partial charge in [-0.25, -0.2) is 4.39 Å². The van der Waals surface area contributed by atoms with Crippen molar-refractivity contribution in [3.8, 4) is 0 Å². The summed E-state index contributed by atoms with van der Waals surface area (Å²) in [4.78, 5) is 0. The molecular formula is C13H11ClFN. The minimum Gasteiger partial charge on any atom is -0.381 e. The summed E-state index contributed by atoms with van der Waals surface area (Å²) in [5.41, 5.74) is 1.98. The number of benzene rings is 2. The summed E-state index contributed by atoms with van der Waals surface area (Å²) in [6.45, 7) is 0.697. The van der Waals surface area contributed by atoms with E-state index in [-0.39, 0.29) is 5.02 Å². The van der Waals surface area contributed by atoms with E-state index >= 15 is 0 Å². The van der Waals surface area contributed by atoms with Crippen molar-refractivity contribution in [2.24, 2.45) is 0 Å². The van der Waals surface area contributed by atoms with E-state index in [0.29, 0.717) is 6.54 Å². The number of anilines is 1. The highest BCUT2D eigenvalue weighted by Crippen LogP contribution is 2.19. The fourth-order valence-corrected chi connectivity index (χ4v) is 1.59. The van der Waals surface area contributed by atoms with Crippen LogP contribution < -0.4 is 5.32 Å². The first-order valence-electron chi connectivity index (χ1n) is 4.98. The van der Waals surface area contributed by atoms with Crippen LogP contribution in [-0.4, -0.2) is 0 Å².